The van der Waals surface area contributed by atoms with Gasteiger partial charge >= 0.3 is 0 Å². The summed E-state index contributed by atoms with van der Waals surface area (Å²) in [5.41, 5.74) is 8.41. The van der Waals surface area contributed by atoms with Crippen molar-refractivity contribution in [3.05, 3.63) is 24.3 Å². The lowest BCUT2D eigenvalue weighted by Gasteiger charge is -2.43. The summed E-state index contributed by atoms with van der Waals surface area (Å²) < 4.78 is 0. The van der Waals surface area contributed by atoms with E-state index in [9.17, 15) is 0 Å². The standard InChI is InChI=1S/C25H45N/c1-6-17-25(4,5)23-18-20(13-15-22(23)19(3)7-2)14-16-24(26)21-11-9-8-10-12-21/h13,15,20-24H,3,6-12,14,16-18,26H2,1-2,4-5H3/t20?,22?,23-,24?/m0/s1. The quantitative estimate of drug-likeness (QED) is 0.430. The first-order valence-corrected chi connectivity index (χ1v) is 11.5. The zero-order valence-corrected chi connectivity index (χ0v) is 18.1. The van der Waals surface area contributed by atoms with Crippen molar-refractivity contribution in [3.63, 3.8) is 0 Å². The number of rotatable bonds is 9. The van der Waals surface area contributed by atoms with Gasteiger partial charge in [0, 0.05) is 12.0 Å². The molecule has 0 aliphatic heterocycles. The lowest BCUT2D eigenvalue weighted by atomic mass is 9.61. The third-order valence-corrected chi connectivity index (χ3v) is 7.53. The van der Waals surface area contributed by atoms with E-state index in [2.05, 4.69) is 46.4 Å². The fraction of sp³-hybridized carbons (Fsp3) is 0.840. The van der Waals surface area contributed by atoms with Crippen molar-refractivity contribution in [3.8, 4) is 0 Å². The summed E-state index contributed by atoms with van der Waals surface area (Å²) in [6.45, 7) is 14.0. The van der Waals surface area contributed by atoms with Gasteiger partial charge in [-0.3, -0.25) is 0 Å². The molecule has 0 aromatic heterocycles. The van der Waals surface area contributed by atoms with E-state index < -0.39 is 0 Å². The van der Waals surface area contributed by atoms with Gasteiger partial charge in [-0.2, -0.15) is 0 Å². The van der Waals surface area contributed by atoms with Gasteiger partial charge in [-0.05, 0) is 68.1 Å². The Hall–Kier alpha value is -0.560. The van der Waals surface area contributed by atoms with Crippen LogP contribution in [0.15, 0.2) is 24.3 Å². The third-order valence-electron chi connectivity index (χ3n) is 7.53. The molecule has 1 saturated carbocycles. The molecule has 2 N–H and O–H groups in total. The monoisotopic (exact) mass is 359 g/mol. The number of hydrogen-bond donors (Lipinski definition) is 1. The van der Waals surface area contributed by atoms with E-state index in [1.807, 2.05) is 0 Å². The predicted octanol–water partition coefficient (Wildman–Crippen LogP) is 7.28. The average Bonchev–Trinajstić information content (AvgIpc) is 2.66. The summed E-state index contributed by atoms with van der Waals surface area (Å²) in [7, 11) is 0. The van der Waals surface area contributed by atoms with E-state index in [1.165, 1.54) is 69.8 Å². The molecule has 2 aliphatic rings. The van der Waals surface area contributed by atoms with Gasteiger partial charge in [0.1, 0.15) is 0 Å². The van der Waals surface area contributed by atoms with E-state index in [1.54, 1.807) is 0 Å². The van der Waals surface area contributed by atoms with Crippen LogP contribution in [0.3, 0.4) is 0 Å². The van der Waals surface area contributed by atoms with E-state index in [0.717, 1.165) is 18.3 Å². The molecule has 3 unspecified atom stereocenters. The Morgan fingerprint density at radius 1 is 1.15 bits per heavy atom. The minimum atomic E-state index is 0.395. The lowest BCUT2D eigenvalue weighted by molar-refractivity contribution is 0.124. The maximum Gasteiger partial charge on any atom is 0.00673 e. The number of nitrogens with two attached hydrogens (primary N) is 1. The first-order valence-electron chi connectivity index (χ1n) is 11.5. The molecule has 0 aromatic carbocycles. The van der Waals surface area contributed by atoms with Crippen LogP contribution in [-0.2, 0) is 0 Å². The molecule has 1 nitrogen and oxygen atoms in total. The molecule has 2 rings (SSSR count). The molecule has 0 spiro atoms. The smallest absolute Gasteiger partial charge is 0.00673 e. The average molecular weight is 360 g/mol. The highest BCUT2D eigenvalue weighted by atomic mass is 14.6. The van der Waals surface area contributed by atoms with Crippen LogP contribution in [0.1, 0.15) is 98.3 Å². The number of hydrogen-bond acceptors (Lipinski definition) is 1. The molecule has 0 amide bonds. The van der Waals surface area contributed by atoms with Crippen molar-refractivity contribution in [1.29, 1.82) is 0 Å². The fourth-order valence-corrected chi connectivity index (χ4v) is 5.67. The molecular formula is C25H45N. The normalized spacial score (nSPS) is 28.9. The summed E-state index contributed by atoms with van der Waals surface area (Å²) in [6.07, 6.45) is 19.5. The van der Waals surface area contributed by atoms with Crippen LogP contribution >= 0.6 is 0 Å². The molecule has 0 radical (unpaired) electrons. The Morgan fingerprint density at radius 3 is 2.46 bits per heavy atom. The highest BCUT2D eigenvalue weighted by molar-refractivity contribution is 5.17. The third kappa shape index (κ3) is 5.72. The van der Waals surface area contributed by atoms with E-state index in [4.69, 9.17) is 5.73 Å². The van der Waals surface area contributed by atoms with Crippen LogP contribution in [0.5, 0.6) is 0 Å². The second-order valence-corrected chi connectivity index (χ2v) is 9.90. The summed E-state index contributed by atoms with van der Waals surface area (Å²) in [5.74, 6) is 2.81. The van der Waals surface area contributed by atoms with Gasteiger partial charge in [-0.15, -0.1) is 0 Å². The van der Waals surface area contributed by atoms with E-state index in [0.29, 0.717) is 23.3 Å². The van der Waals surface area contributed by atoms with Gasteiger partial charge in [0.15, 0.2) is 0 Å². The Bertz CT molecular complexity index is 455. The lowest BCUT2D eigenvalue weighted by Crippen LogP contribution is -2.36. The second kappa shape index (κ2) is 10.1. The summed E-state index contributed by atoms with van der Waals surface area (Å²) in [4.78, 5) is 0. The van der Waals surface area contributed by atoms with Crippen molar-refractivity contribution in [2.24, 2.45) is 34.8 Å². The fourth-order valence-electron chi connectivity index (χ4n) is 5.67. The van der Waals surface area contributed by atoms with Crippen LogP contribution in [0.2, 0.25) is 0 Å². The zero-order chi connectivity index (χ0) is 19.2. The second-order valence-electron chi connectivity index (χ2n) is 9.90. The van der Waals surface area contributed by atoms with Gasteiger partial charge in [-0.1, -0.05) is 77.7 Å². The predicted molar refractivity (Wildman–Crippen MR) is 116 cm³/mol. The first kappa shape index (κ1) is 21.7. The maximum absolute atomic E-state index is 6.59. The van der Waals surface area contributed by atoms with Gasteiger partial charge in [0.25, 0.3) is 0 Å². The Balaban J connectivity index is 1.98. The SMILES string of the molecule is C=C(CC)C1C=CC(CCC(N)C2CCCCC2)C[C@@H]1C(C)(C)CCC. The highest BCUT2D eigenvalue weighted by Crippen LogP contribution is 2.47. The minimum absolute atomic E-state index is 0.395. The van der Waals surface area contributed by atoms with Gasteiger partial charge < -0.3 is 5.73 Å². The van der Waals surface area contributed by atoms with Crippen molar-refractivity contribution in [2.45, 2.75) is 104 Å². The van der Waals surface area contributed by atoms with Gasteiger partial charge in [0.05, 0.1) is 0 Å². The molecule has 1 heteroatoms. The highest BCUT2D eigenvalue weighted by Gasteiger charge is 2.38. The largest absolute Gasteiger partial charge is 0.327 e. The van der Waals surface area contributed by atoms with Crippen LogP contribution in [0.4, 0.5) is 0 Å². The summed E-state index contributed by atoms with van der Waals surface area (Å²) >= 11 is 0. The summed E-state index contributed by atoms with van der Waals surface area (Å²) in [5, 5.41) is 0. The molecular weight excluding hydrogens is 314 g/mol. The molecule has 0 aromatic rings. The Kier molecular flexibility index (Phi) is 8.45. The van der Waals surface area contributed by atoms with Crippen molar-refractivity contribution >= 4 is 0 Å². The van der Waals surface area contributed by atoms with Crippen LogP contribution in [0, 0.1) is 29.1 Å². The Morgan fingerprint density at radius 2 is 1.85 bits per heavy atom. The Labute approximate surface area is 163 Å². The van der Waals surface area contributed by atoms with Crippen LogP contribution in [-0.4, -0.2) is 6.04 Å². The van der Waals surface area contributed by atoms with Gasteiger partial charge in [-0.25, -0.2) is 0 Å². The maximum atomic E-state index is 6.59. The molecule has 2 aliphatic carbocycles. The molecule has 4 atom stereocenters. The van der Waals surface area contributed by atoms with Crippen LogP contribution in [0.25, 0.3) is 0 Å². The topological polar surface area (TPSA) is 26.0 Å². The zero-order valence-electron chi connectivity index (χ0n) is 18.1. The molecule has 1 fully saturated rings. The van der Waals surface area contributed by atoms with Crippen molar-refractivity contribution in [2.75, 3.05) is 0 Å². The van der Waals surface area contributed by atoms with Crippen molar-refractivity contribution < 1.29 is 0 Å². The molecule has 0 heterocycles. The minimum Gasteiger partial charge on any atom is -0.327 e. The molecule has 150 valence electrons. The first-order chi connectivity index (χ1) is 12.4. The van der Waals surface area contributed by atoms with E-state index >= 15 is 0 Å². The van der Waals surface area contributed by atoms with Crippen molar-refractivity contribution in [1.82, 2.24) is 0 Å². The van der Waals surface area contributed by atoms with Crippen LogP contribution < -0.4 is 5.73 Å². The van der Waals surface area contributed by atoms with E-state index in [-0.39, 0.29) is 0 Å². The summed E-state index contributed by atoms with van der Waals surface area (Å²) in [6, 6.07) is 0.425. The molecule has 0 saturated heterocycles. The number of allylic oxidation sites excluding steroid dienone is 3. The molecule has 0 bridgehead atoms. The molecule has 26 heavy (non-hydrogen) atoms. The van der Waals surface area contributed by atoms with Gasteiger partial charge in [0.2, 0.25) is 0 Å².